The van der Waals surface area contributed by atoms with E-state index >= 15 is 4.39 Å². The van der Waals surface area contributed by atoms with E-state index < -0.39 is 11.6 Å². The van der Waals surface area contributed by atoms with Crippen molar-refractivity contribution in [3.05, 3.63) is 95.8 Å². The molecule has 3 aromatic carbocycles. The van der Waals surface area contributed by atoms with Crippen LogP contribution in [0, 0.1) is 23.4 Å². The Balaban J connectivity index is 1.47. The molecule has 4 rings (SSSR count). The van der Waals surface area contributed by atoms with Gasteiger partial charge in [-0.2, -0.15) is 4.39 Å². The van der Waals surface area contributed by atoms with Crippen LogP contribution in [-0.4, -0.2) is 6.61 Å². The number of benzene rings is 3. The number of allylic oxidation sites excluding steroid dienone is 4. The minimum atomic E-state index is -0.979. The molecule has 0 heterocycles. The first kappa shape index (κ1) is 26.8. The summed E-state index contributed by atoms with van der Waals surface area (Å²) in [5, 5.41) is 0. The van der Waals surface area contributed by atoms with E-state index in [1.54, 1.807) is 36.4 Å². The van der Waals surface area contributed by atoms with Crippen molar-refractivity contribution in [3.8, 4) is 28.0 Å². The molecule has 0 saturated carbocycles. The zero-order valence-corrected chi connectivity index (χ0v) is 21.7. The largest absolute Gasteiger partial charge is 0.490 e. The molecule has 4 heteroatoms. The lowest BCUT2D eigenvalue weighted by Gasteiger charge is -2.20. The van der Waals surface area contributed by atoms with Gasteiger partial charge < -0.3 is 4.74 Å². The number of hydrogen-bond donors (Lipinski definition) is 0. The Hall–Kier alpha value is -3.27. The Morgan fingerprint density at radius 1 is 0.838 bits per heavy atom. The topological polar surface area (TPSA) is 9.23 Å². The van der Waals surface area contributed by atoms with E-state index in [9.17, 15) is 8.78 Å². The Labute approximate surface area is 218 Å². The lowest BCUT2D eigenvalue weighted by Crippen LogP contribution is -2.03. The van der Waals surface area contributed by atoms with Crippen molar-refractivity contribution in [2.75, 3.05) is 6.61 Å². The molecule has 37 heavy (non-hydrogen) atoms. The highest BCUT2D eigenvalue weighted by atomic mass is 19.2. The summed E-state index contributed by atoms with van der Waals surface area (Å²) >= 11 is 0. The van der Waals surface area contributed by atoms with E-state index in [1.807, 2.05) is 13.0 Å². The van der Waals surface area contributed by atoms with Crippen molar-refractivity contribution in [2.45, 2.75) is 58.8 Å². The first-order chi connectivity index (χ1) is 18.0. The van der Waals surface area contributed by atoms with E-state index in [2.05, 4.69) is 25.2 Å². The van der Waals surface area contributed by atoms with Gasteiger partial charge in [-0.3, -0.25) is 0 Å². The predicted octanol–water partition coefficient (Wildman–Crippen LogP) is 10.2. The standard InChI is InChI=1S/C33H35F3O/c1-3-5-6-7-21-37-31-20-19-29(32(35)33(31)36)26-15-13-25(14-16-26)28-18-17-27(22-30(28)34)24-11-9-23(8-4-2)10-12-24/h4,8,11,13-20,22-23H,3,5-7,9-10,12,21H2,1-2H3/b8-4+. The van der Waals surface area contributed by atoms with E-state index in [1.165, 1.54) is 17.7 Å². The monoisotopic (exact) mass is 504 g/mol. The van der Waals surface area contributed by atoms with Gasteiger partial charge in [-0.25, -0.2) is 8.78 Å². The van der Waals surface area contributed by atoms with Crippen LogP contribution in [0.4, 0.5) is 13.2 Å². The SMILES string of the molecule is C/C=C/C1CC=C(c2ccc(-c3ccc(-c4ccc(OCCCCCC)c(F)c4F)cc3)c(F)c2)CC1. The second-order valence-corrected chi connectivity index (χ2v) is 9.71. The summed E-state index contributed by atoms with van der Waals surface area (Å²) < 4.78 is 50.0. The van der Waals surface area contributed by atoms with Gasteiger partial charge in [0.2, 0.25) is 5.82 Å². The number of unbranched alkanes of at least 4 members (excludes halogenated alkanes) is 3. The molecule has 1 aliphatic rings. The van der Waals surface area contributed by atoms with Crippen LogP contribution in [0.2, 0.25) is 0 Å². The zero-order chi connectivity index (χ0) is 26.2. The minimum Gasteiger partial charge on any atom is -0.490 e. The number of halogens is 3. The van der Waals surface area contributed by atoms with Crippen molar-refractivity contribution in [1.82, 2.24) is 0 Å². The number of ether oxygens (including phenoxy) is 1. The maximum Gasteiger partial charge on any atom is 0.201 e. The molecule has 3 aromatic rings. The van der Waals surface area contributed by atoms with Crippen molar-refractivity contribution in [1.29, 1.82) is 0 Å². The maximum atomic E-state index is 15.1. The quantitative estimate of drug-likeness (QED) is 0.197. The van der Waals surface area contributed by atoms with E-state index in [-0.39, 0.29) is 17.1 Å². The first-order valence-electron chi connectivity index (χ1n) is 13.3. The number of hydrogen-bond acceptors (Lipinski definition) is 1. The minimum absolute atomic E-state index is 0.0676. The molecule has 0 aliphatic heterocycles. The van der Waals surface area contributed by atoms with Gasteiger partial charge in [0, 0.05) is 11.1 Å². The summed E-state index contributed by atoms with van der Waals surface area (Å²) in [7, 11) is 0. The fourth-order valence-corrected chi connectivity index (χ4v) is 4.92. The van der Waals surface area contributed by atoms with E-state index in [0.717, 1.165) is 50.5 Å². The molecule has 1 atom stereocenters. The summed E-state index contributed by atoms with van der Waals surface area (Å²) in [5.74, 6) is -1.71. The highest BCUT2D eigenvalue weighted by Gasteiger charge is 2.17. The van der Waals surface area contributed by atoms with Gasteiger partial charge in [-0.05, 0) is 79.0 Å². The second kappa shape index (κ2) is 12.8. The molecule has 0 fully saturated rings. The first-order valence-corrected chi connectivity index (χ1v) is 13.3. The summed E-state index contributed by atoms with van der Waals surface area (Å²) in [6.45, 7) is 4.52. The normalized spacial score (nSPS) is 15.7. The Morgan fingerprint density at radius 3 is 2.19 bits per heavy atom. The number of rotatable bonds is 10. The second-order valence-electron chi connectivity index (χ2n) is 9.71. The van der Waals surface area contributed by atoms with Crippen molar-refractivity contribution in [2.24, 2.45) is 5.92 Å². The fraction of sp³-hybridized carbons (Fsp3) is 0.333. The highest BCUT2D eigenvalue weighted by molar-refractivity contribution is 5.74. The average Bonchev–Trinajstić information content (AvgIpc) is 2.92. The van der Waals surface area contributed by atoms with Crippen molar-refractivity contribution < 1.29 is 17.9 Å². The van der Waals surface area contributed by atoms with Gasteiger partial charge in [0.25, 0.3) is 0 Å². The van der Waals surface area contributed by atoms with Gasteiger partial charge in [0.1, 0.15) is 5.82 Å². The Kier molecular flexibility index (Phi) is 9.27. The zero-order valence-electron chi connectivity index (χ0n) is 21.7. The average molecular weight is 505 g/mol. The molecule has 0 bridgehead atoms. The summed E-state index contributed by atoms with van der Waals surface area (Å²) in [6.07, 6.45) is 13.5. The molecule has 1 aliphatic carbocycles. The van der Waals surface area contributed by atoms with E-state index in [4.69, 9.17) is 4.74 Å². The lowest BCUT2D eigenvalue weighted by molar-refractivity contribution is 0.285. The molecule has 1 nitrogen and oxygen atoms in total. The van der Waals surface area contributed by atoms with Crippen LogP contribution in [0.25, 0.3) is 27.8 Å². The van der Waals surface area contributed by atoms with Gasteiger partial charge in [-0.1, -0.05) is 80.8 Å². The smallest absolute Gasteiger partial charge is 0.201 e. The molecule has 0 amide bonds. The summed E-state index contributed by atoms with van der Waals surface area (Å²) in [5.41, 5.74) is 3.95. The van der Waals surface area contributed by atoms with Crippen LogP contribution in [0.1, 0.15) is 64.4 Å². The highest BCUT2D eigenvalue weighted by Crippen LogP contribution is 2.35. The van der Waals surface area contributed by atoms with Crippen LogP contribution in [0.5, 0.6) is 5.75 Å². The van der Waals surface area contributed by atoms with Crippen molar-refractivity contribution >= 4 is 5.57 Å². The van der Waals surface area contributed by atoms with Gasteiger partial charge in [0.15, 0.2) is 11.6 Å². The molecule has 194 valence electrons. The van der Waals surface area contributed by atoms with Gasteiger partial charge >= 0.3 is 0 Å². The van der Waals surface area contributed by atoms with Crippen LogP contribution < -0.4 is 4.74 Å². The third-order valence-corrected chi connectivity index (χ3v) is 7.07. The van der Waals surface area contributed by atoms with Crippen LogP contribution >= 0.6 is 0 Å². The molecule has 0 saturated heterocycles. The molecular weight excluding hydrogens is 469 g/mol. The molecule has 0 spiro atoms. The van der Waals surface area contributed by atoms with Crippen LogP contribution in [0.15, 0.2) is 72.8 Å². The van der Waals surface area contributed by atoms with E-state index in [0.29, 0.717) is 29.2 Å². The summed E-state index contributed by atoms with van der Waals surface area (Å²) in [4.78, 5) is 0. The molecule has 1 unspecified atom stereocenters. The van der Waals surface area contributed by atoms with Crippen LogP contribution in [0.3, 0.4) is 0 Å². The molecular formula is C33H35F3O. The predicted molar refractivity (Wildman–Crippen MR) is 147 cm³/mol. The fourth-order valence-electron chi connectivity index (χ4n) is 4.92. The third kappa shape index (κ3) is 6.54. The third-order valence-electron chi connectivity index (χ3n) is 7.07. The van der Waals surface area contributed by atoms with Crippen LogP contribution in [-0.2, 0) is 0 Å². The maximum absolute atomic E-state index is 15.1. The molecule has 0 radical (unpaired) electrons. The van der Waals surface area contributed by atoms with Gasteiger partial charge in [-0.15, -0.1) is 0 Å². The lowest BCUT2D eigenvalue weighted by atomic mass is 9.86. The Morgan fingerprint density at radius 2 is 1.54 bits per heavy atom. The molecule has 0 N–H and O–H groups in total. The molecule has 0 aromatic heterocycles. The Bertz CT molecular complexity index is 1260. The summed E-state index contributed by atoms with van der Waals surface area (Å²) in [6, 6.07) is 15.2. The van der Waals surface area contributed by atoms with Crippen molar-refractivity contribution in [3.63, 3.8) is 0 Å². The van der Waals surface area contributed by atoms with Gasteiger partial charge in [0.05, 0.1) is 6.61 Å².